The van der Waals surface area contributed by atoms with Crippen LogP contribution < -0.4 is 10.8 Å². The fourth-order valence-corrected chi connectivity index (χ4v) is 5.21. The number of hydrogen-bond donors (Lipinski definition) is 2. The first kappa shape index (κ1) is 20.4. The van der Waals surface area contributed by atoms with Crippen LogP contribution in [0.3, 0.4) is 0 Å². The van der Waals surface area contributed by atoms with E-state index < -0.39 is 19.2 Å². The van der Waals surface area contributed by atoms with Crippen molar-refractivity contribution in [2.24, 2.45) is 5.92 Å². The van der Waals surface area contributed by atoms with Crippen molar-refractivity contribution in [1.29, 1.82) is 0 Å². The molecule has 0 aliphatic heterocycles. The molecule has 0 aliphatic carbocycles. The molecule has 6 heteroatoms. The van der Waals surface area contributed by atoms with Crippen molar-refractivity contribution < 1.29 is 14.6 Å². The fraction of sp³-hybridized carbons (Fsp3) is 0.350. The van der Waals surface area contributed by atoms with Gasteiger partial charge in [-0.15, -0.1) is 0 Å². The van der Waals surface area contributed by atoms with Gasteiger partial charge in [0.1, 0.15) is 0 Å². The van der Waals surface area contributed by atoms with Crippen molar-refractivity contribution in [3.05, 3.63) is 66.2 Å². The van der Waals surface area contributed by atoms with E-state index in [2.05, 4.69) is 0 Å². The summed E-state index contributed by atoms with van der Waals surface area (Å²) in [4.78, 5) is 12.4. The van der Waals surface area contributed by atoms with Crippen LogP contribution in [0.1, 0.15) is 25.8 Å². The second kappa shape index (κ2) is 9.13. The lowest BCUT2D eigenvalue weighted by Crippen LogP contribution is -2.46. The molecule has 0 saturated carbocycles. The molecule has 2 aromatic rings. The molecule has 1 unspecified atom stereocenters. The smallest absolute Gasteiger partial charge is 0.261 e. The zero-order chi connectivity index (χ0) is 19.2. The molecule has 0 aromatic heterocycles. The van der Waals surface area contributed by atoms with Crippen LogP contribution in [-0.2, 0) is 15.9 Å². The number of hydroxylamine groups is 1. The maximum Gasteiger partial charge on any atom is 0.261 e. The van der Waals surface area contributed by atoms with Gasteiger partial charge in [-0.05, 0) is 17.9 Å². The summed E-state index contributed by atoms with van der Waals surface area (Å²) in [6, 6.07) is 18.1. The lowest BCUT2D eigenvalue weighted by atomic mass is 10.0. The standard InChI is InChI=1S/C20H27N2O3P/c1-16(2)14-19(20(23)21-24)22(15-17-10-6-4-7-11-17)26(3,25)18-12-8-5-9-13-18/h4-13,16,19,24H,14-15H2,1-3H3,(H,21,23)/t19-,26?/m1/s1. The third-order valence-electron chi connectivity index (χ3n) is 4.38. The highest BCUT2D eigenvalue weighted by molar-refractivity contribution is 7.68. The van der Waals surface area contributed by atoms with Crippen LogP contribution in [0.5, 0.6) is 0 Å². The van der Waals surface area contributed by atoms with E-state index in [-0.39, 0.29) is 5.92 Å². The maximum absolute atomic E-state index is 13.8. The number of benzene rings is 2. The minimum Gasteiger partial charge on any atom is -0.302 e. The summed E-state index contributed by atoms with van der Waals surface area (Å²) < 4.78 is 15.6. The van der Waals surface area contributed by atoms with E-state index in [9.17, 15) is 14.6 Å². The van der Waals surface area contributed by atoms with Gasteiger partial charge in [-0.2, -0.15) is 0 Å². The quantitative estimate of drug-likeness (QED) is 0.420. The number of carbonyl (C=O) groups excluding carboxylic acids is 1. The van der Waals surface area contributed by atoms with E-state index in [4.69, 9.17) is 0 Å². The molecule has 0 saturated heterocycles. The first-order valence-electron chi connectivity index (χ1n) is 8.74. The molecule has 0 fully saturated rings. The second-order valence-corrected chi connectivity index (χ2v) is 9.71. The summed E-state index contributed by atoms with van der Waals surface area (Å²) in [6.07, 6.45) is 0.490. The molecule has 2 atom stereocenters. The van der Waals surface area contributed by atoms with E-state index in [1.165, 1.54) is 0 Å². The normalized spacial score (nSPS) is 14.8. The lowest BCUT2D eigenvalue weighted by Gasteiger charge is -2.36. The molecule has 2 rings (SSSR count). The molecular formula is C20H27N2O3P. The van der Waals surface area contributed by atoms with Crippen LogP contribution >= 0.6 is 7.29 Å². The van der Waals surface area contributed by atoms with Gasteiger partial charge in [-0.25, -0.2) is 10.2 Å². The highest BCUT2D eigenvalue weighted by atomic mass is 31.2. The van der Waals surface area contributed by atoms with Crippen LogP contribution in [0.25, 0.3) is 0 Å². The van der Waals surface area contributed by atoms with Crippen molar-refractivity contribution in [2.45, 2.75) is 32.9 Å². The topological polar surface area (TPSA) is 69.6 Å². The van der Waals surface area contributed by atoms with Crippen LogP contribution in [0.2, 0.25) is 0 Å². The summed E-state index contributed by atoms with van der Waals surface area (Å²) in [5, 5.41) is 9.94. The van der Waals surface area contributed by atoms with Crippen molar-refractivity contribution in [2.75, 3.05) is 6.66 Å². The fourth-order valence-electron chi connectivity index (χ4n) is 3.02. The number of nitrogens with zero attached hydrogens (tertiary/aromatic N) is 1. The van der Waals surface area contributed by atoms with Crippen molar-refractivity contribution in [3.63, 3.8) is 0 Å². The summed E-state index contributed by atoms with van der Waals surface area (Å²) >= 11 is 0. The number of amides is 1. The molecule has 0 heterocycles. The van der Waals surface area contributed by atoms with Crippen LogP contribution in [0.4, 0.5) is 0 Å². The third-order valence-corrected chi connectivity index (χ3v) is 7.04. The highest BCUT2D eigenvalue weighted by Gasteiger charge is 2.37. The third kappa shape index (κ3) is 5.04. The Morgan fingerprint density at radius 2 is 1.62 bits per heavy atom. The monoisotopic (exact) mass is 374 g/mol. The summed E-state index contributed by atoms with van der Waals surface area (Å²) in [6.45, 7) is 6.04. The van der Waals surface area contributed by atoms with E-state index in [1.807, 2.05) is 74.5 Å². The second-order valence-electron chi connectivity index (χ2n) is 6.92. The molecule has 0 radical (unpaired) electrons. The Bertz CT molecular complexity index is 750. The molecule has 26 heavy (non-hydrogen) atoms. The number of nitrogens with one attached hydrogen (secondary N) is 1. The van der Waals surface area contributed by atoms with Gasteiger partial charge in [0.15, 0.2) is 7.29 Å². The van der Waals surface area contributed by atoms with Crippen LogP contribution in [0.15, 0.2) is 60.7 Å². The van der Waals surface area contributed by atoms with Gasteiger partial charge in [0.05, 0.1) is 6.04 Å². The Balaban J connectivity index is 2.49. The van der Waals surface area contributed by atoms with E-state index in [0.717, 1.165) is 5.56 Å². The lowest BCUT2D eigenvalue weighted by molar-refractivity contribution is -0.133. The zero-order valence-corrected chi connectivity index (χ0v) is 16.4. The van der Waals surface area contributed by atoms with E-state index >= 15 is 0 Å². The molecule has 0 aliphatic rings. The largest absolute Gasteiger partial charge is 0.302 e. The highest BCUT2D eigenvalue weighted by Crippen LogP contribution is 2.48. The number of carbonyl (C=O) groups is 1. The first-order chi connectivity index (χ1) is 12.4. The average molecular weight is 374 g/mol. The molecule has 140 valence electrons. The number of hydrogen-bond acceptors (Lipinski definition) is 3. The van der Waals surface area contributed by atoms with Crippen molar-refractivity contribution in [1.82, 2.24) is 10.2 Å². The Hall–Kier alpha value is -1.94. The van der Waals surface area contributed by atoms with Gasteiger partial charge < -0.3 is 4.57 Å². The van der Waals surface area contributed by atoms with Crippen molar-refractivity contribution >= 4 is 18.5 Å². The van der Waals surface area contributed by atoms with Gasteiger partial charge in [-0.3, -0.25) is 10.0 Å². The van der Waals surface area contributed by atoms with E-state index in [1.54, 1.807) is 16.8 Å². The molecule has 0 spiro atoms. The Labute approximate surface area is 155 Å². The van der Waals surface area contributed by atoms with Gasteiger partial charge in [0.25, 0.3) is 5.91 Å². The zero-order valence-electron chi connectivity index (χ0n) is 15.5. The van der Waals surface area contributed by atoms with Crippen LogP contribution in [0, 0.1) is 5.92 Å². The number of rotatable bonds is 8. The first-order valence-corrected chi connectivity index (χ1v) is 10.8. The molecule has 2 N–H and O–H groups in total. The predicted molar refractivity (Wildman–Crippen MR) is 105 cm³/mol. The SMILES string of the molecule is CC(C)C[C@H](C(=O)NO)N(Cc1ccccc1)P(C)(=O)c1ccccc1. The Kier molecular flexibility index (Phi) is 7.15. The van der Waals surface area contributed by atoms with Gasteiger partial charge >= 0.3 is 0 Å². The summed E-state index contributed by atoms with van der Waals surface area (Å²) in [7, 11) is -3.04. The van der Waals surface area contributed by atoms with Gasteiger partial charge in [0.2, 0.25) is 0 Å². The molecule has 0 bridgehead atoms. The minimum atomic E-state index is -3.04. The average Bonchev–Trinajstić information content (AvgIpc) is 2.65. The molecule has 5 nitrogen and oxygen atoms in total. The summed E-state index contributed by atoms with van der Waals surface area (Å²) in [5.74, 6) is -0.334. The van der Waals surface area contributed by atoms with Crippen molar-refractivity contribution in [3.8, 4) is 0 Å². The summed E-state index contributed by atoms with van der Waals surface area (Å²) in [5.41, 5.74) is 2.72. The molecular weight excluding hydrogens is 347 g/mol. The molecule has 2 aromatic carbocycles. The van der Waals surface area contributed by atoms with Gasteiger partial charge in [0, 0.05) is 18.5 Å². The maximum atomic E-state index is 13.8. The Morgan fingerprint density at radius 1 is 1.08 bits per heavy atom. The van der Waals surface area contributed by atoms with Gasteiger partial charge in [-0.1, -0.05) is 74.5 Å². The molecule has 1 amide bonds. The minimum absolute atomic E-state index is 0.200. The van der Waals surface area contributed by atoms with E-state index in [0.29, 0.717) is 18.3 Å². The Morgan fingerprint density at radius 3 is 2.12 bits per heavy atom. The predicted octanol–water partition coefficient (Wildman–Crippen LogP) is 3.64. The van der Waals surface area contributed by atoms with Crippen LogP contribution in [-0.4, -0.2) is 28.5 Å².